The van der Waals surface area contributed by atoms with Crippen molar-refractivity contribution in [3.63, 3.8) is 0 Å². The van der Waals surface area contributed by atoms with E-state index in [1.54, 1.807) is 0 Å². The summed E-state index contributed by atoms with van der Waals surface area (Å²) < 4.78 is 24.1. The second-order valence-corrected chi connectivity index (χ2v) is 7.43. The maximum absolute atomic E-state index is 6.34. The fraction of sp³-hybridized carbons (Fsp3) is 0.875. The summed E-state index contributed by atoms with van der Waals surface area (Å²) in [5.74, 6) is 0.0217. The molecule has 0 aromatic rings. The Bertz CT molecular complexity index is 440. The lowest BCUT2D eigenvalue weighted by atomic mass is 9.71. The molecule has 1 unspecified atom stereocenters. The Morgan fingerprint density at radius 1 is 1.10 bits per heavy atom. The molecule has 0 amide bonds. The van der Waals surface area contributed by atoms with Crippen molar-refractivity contribution in [2.75, 3.05) is 13.2 Å². The van der Waals surface area contributed by atoms with Crippen LogP contribution in [0.25, 0.3) is 0 Å². The van der Waals surface area contributed by atoms with E-state index in [2.05, 4.69) is 40.7 Å². The van der Waals surface area contributed by atoms with Gasteiger partial charge in [-0.15, -0.1) is 0 Å². The first kappa shape index (κ1) is 15.5. The lowest BCUT2D eigenvalue weighted by Crippen LogP contribution is -2.48. The third kappa shape index (κ3) is 2.48. The summed E-state index contributed by atoms with van der Waals surface area (Å²) in [6.45, 7) is 12.2. The van der Waals surface area contributed by atoms with E-state index in [9.17, 15) is 0 Å². The summed E-state index contributed by atoms with van der Waals surface area (Å²) in [5, 5.41) is 0. The molecule has 2 fully saturated rings. The van der Waals surface area contributed by atoms with Gasteiger partial charge in [0.15, 0.2) is 5.79 Å². The van der Waals surface area contributed by atoms with Crippen LogP contribution in [-0.2, 0) is 18.8 Å². The zero-order valence-corrected chi connectivity index (χ0v) is 13.9. The minimum Gasteiger partial charge on any atom is -0.400 e. The van der Waals surface area contributed by atoms with Crippen LogP contribution in [0, 0.1) is 5.92 Å². The Morgan fingerprint density at radius 2 is 1.76 bits per heavy atom. The average molecular weight is 294 g/mol. The summed E-state index contributed by atoms with van der Waals surface area (Å²) >= 11 is 0. The van der Waals surface area contributed by atoms with Crippen LogP contribution in [0.15, 0.2) is 11.5 Å². The van der Waals surface area contributed by atoms with Gasteiger partial charge < -0.3 is 18.8 Å². The minimum atomic E-state index is -0.376. The van der Waals surface area contributed by atoms with Crippen LogP contribution in [0.1, 0.15) is 53.9 Å². The number of rotatable bonds is 2. The maximum Gasteiger partial charge on any atom is 0.490 e. The van der Waals surface area contributed by atoms with Gasteiger partial charge in [0.1, 0.15) is 0 Å². The van der Waals surface area contributed by atoms with E-state index in [-0.39, 0.29) is 24.1 Å². The summed E-state index contributed by atoms with van der Waals surface area (Å²) in [6, 6.07) is 0. The van der Waals surface area contributed by atoms with Crippen molar-refractivity contribution >= 4 is 7.12 Å². The van der Waals surface area contributed by atoms with Crippen molar-refractivity contribution in [2.45, 2.75) is 70.9 Å². The van der Waals surface area contributed by atoms with Crippen LogP contribution < -0.4 is 0 Å². The van der Waals surface area contributed by atoms with Crippen LogP contribution in [0.4, 0.5) is 0 Å². The standard InChI is InChI=1S/C16H27BO4/c1-12(2)15(5)14(3,4)20-17(21-15)13-6-8-16(9-7-13)18-10-11-19-16/h6,12H,7-11H2,1-5H3. The molecule has 0 saturated carbocycles. The Balaban J connectivity index is 1.73. The molecular formula is C16H27BO4. The first-order valence-electron chi connectivity index (χ1n) is 8.10. The minimum absolute atomic E-state index is 0.230. The van der Waals surface area contributed by atoms with Crippen LogP contribution in [0.3, 0.4) is 0 Å². The molecular weight excluding hydrogens is 267 g/mol. The van der Waals surface area contributed by atoms with Crippen molar-refractivity contribution in [1.29, 1.82) is 0 Å². The van der Waals surface area contributed by atoms with Gasteiger partial charge in [0.05, 0.1) is 24.4 Å². The molecule has 0 aromatic carbocycles. The summed E-state index contributed by atoms with van der Waals surface area (Å²) in [6.07, 6.45) is 4.79. The molecule has 0 radical (unpaired) electrons. The molecule has 3 aliphatic rings. The smallest absolute Gasteiger partial charge is 0.400 e. The molecule has 0 bridgehead atoms. The van der Waals surface area contributed by atoms with E-state index in [1.165, 1.54) is 5.47 Å². The van der Waals surface area contributed by atoms with E-state index in [4.69, 9.17) is 18.8 Å². The fourth-order valence-electron chi connectivity index (χ4n) is 3.55. The molecule has 0 aromatic heterocycles. The summed E-state index contributed by atoms with van der Waals surface area (Å²) in [7, 11) is -0.230. The SMILES string of the molecule is CC(C)C1(C)OB(C2=CCC3(CC2)OCCO3)OC1(C)C. The monoisotopic (exact) mass is 294 g/mol. The lowest BCUT2D eigenvalue weighted by Gasteiger charge is -2.39. The third-order valence-electron chi connectivity index (χ3n) is 5.64. The average Bonchev–Trinajstić information content (AvgIpc) is 2.95. The topological polar surface area (TPSA) is 36.9 Å². The highest BCUT2D eigenvalue weighted by atomic mass is 16.7. The van der Waals surface area contributed by atoms with Gasteiger partial charge in [0, 0.05) is 12.8 Å². The molecule has 21 heavy (non-hydrogen) atoms. The normalized spacial score (nSPS) is 34.8. The van der Waals surface area contributed by atoms with Gasteiger partial charge in [-0.1, -0.05) is 19.9 Å². The number of hydrogen-bond acceptors (Lipinski definition) is 4. The summed E-state index contributed by atoms with van der Waals surface area (Å²) in [5.41, 5.74) is 0.674. The van der Waals surface area contributed by atoms with E-state index in [0.29, 0.717) is 19.1 Å². The van der Waals surface area contributed by atoms with Crippen LogP contribution in [0.5, 0.6) is 0 Å². The molecule has 4 nitrogen and oxygen atoms in total. The molecule has 1 spiro atoms. The second kappa shape index (κ2) is 5.09. The van der Waals surface area contributed by atoms with Crippen molar-refractivity contribution < 1.29 is 18.8 Å². The highest BCUT2D eigenvalue weighted by Gasteiger charge is 2.57. The predicted molar refractivity (Wildman–Crippen MR) is 81.8 cm³/mol. The number of hydrogen-bond donors (Lipinski definition) is 0. The molecule has 0 N–H and O–H groups in total. The molecule has 2 saturated heterocycles. The lowest BCUT2D eigenvalue weighted by molar-refractivity contribution is -0.161. The van der Waals surface area contributed by atoms with Crippen LogP contribution in [0.2, 0.25) is 0 Å². The Labute approximate surface area is 128 Å². The zero-order valence-electron chi connectivity index (χ0n) is 13.9. The van der Waals surface area contributed by atoms with Gasteiger partial charge in [-0.3, -0.25) is 0 Å². The van der Waals surface area contributed by atoms with Crippen molar-refractivity contribution in [1.82, 2.24) is 0 Å². The van der Waals surface area contributed by atoms with E-state index >= 15 is 0 Å². The molecule has 2 aliphatic heterocycles. The molecule has 5 heteroatoms. The van der Waals surface area contributed by atoms with Gasteiger partial charge >= 0.3 is 7.12 Å². The van der Waals surface area contributed by atoms with E-state index in [0.717, 1.165) is 19.3 Å². The Morgan fingerprint density at radius 3 is 2.24 bits per heavy atom. The van der Waals surface area contributed by atoms with Crippen LogP contribution >= 0.6 is 0 Å². The zero-order chi connectivity index (χ0) is 15.3. The highest BCUT2D eigenvalue weighted by molar-refractivity contribution is 6.54. The predicted octanol–water partition coefficient (Wildman–Crippen LogP) is 3.11. The van der Waals surface area contributed by atoms with Gasteiger partial charge in [-0.2, -0.15) is 0 Å². The number of allylic oxidation sites excluding steroid dienone is 1. The van der Waals surface area contributed by atoms with Gasteiger partial charge in [0.2, 0.25) is 0 Å². The molecule has 118 valence electrons. The van der Waals surface area contributed by atoms with E-state index < -0.39 is 0 Å². The van der Waals surface area contributed by atoms with Gasteiger partial charge in [-0.05, 0) is 38.6 Å². The first-order valence-corrected chi connectivity index (χ1v) is 8.10. The van der Waals surface area contributed by atoms with Crippen molar-refractivity contribution in [3.05, 3.63) is 11.5 Å². The first-order chi connectivity index (χ1) is 9.78. The second-order valence-electron chi connectivity index (χ2n) is 7.43. The van der Waals surface area contributed by atoms with Crippen LogP contribution in [-0.4, -0.2) is 37.3 Å². The maximum atomic E-state index is 6.34. The molecule has 3 rings (SSSR count). The molecule has 1 aliphatic carbocycles. The van der Waals surface area contributed by atoms with Crippen molar-refractivity contribution in [2.24, 2.45) is 5.92 Å². The molecule has 1 atom stereocenters. The quantitative estimate of drug-likeness (QED) is 0.733. The van der Waals surface area contributed by atoms with E-state index in [1.807, 2.05) is 0 Å². The number of ether oxygens (including phenoxy) is 2. The van der Waals surface area contributed by atoms with Gasteiger partial charge in [0.25, 0.3) is 0 Å². The van der Waals surface area contributed by atoms with Crippen molar-refractivity contribution in [3.8, 4) is 0 Å². The highest BCUT2D eigenvalue weighted by Crippen LogP contribution is 2.45. The molecule has 2 heterocycles. The Hall–Kier alpha value is -0.355. The third-order valence-corrected chi connectivity index (χ3v) is 5.64. The fourth-order valence-corrected chi connectivity index (χ4v) is 3.55. The van der Waals surface area contributed by atoms with Gasteiger partial charge in [-0.25, -0.2) is 0 Å². The Kier molecular flexibility index (Phi) is 3.76. The largest absolute Gasteiger partial charge is 0.490 e. The summed E-state index contributed by atoms with van der Waals surface area (Å²) in [4.78, 5) is 0.